The summed E-state index contributed by atoms with van der Waals surface area (Å²) in [6.45, 7) is 22.9. The molecule has 0 unspecified atom stereocenters. The fourth-order valence-corrected chi connectivity index (χ4v) is 8.55. The van der Waals surface area contributed by atoms with Gasteiger partial charge in [0.15, 0.2) is 0 Å². The van der Waals surface area contributed by atoms with Crippen molar-refractivity contribution in [1.82, 2.24) is 0 Å². The maximum atomic E-state index is 4.69. The Kier molecular flexibility index (Phi) is 5.22. The van der Waals surface area contributed by atoms with Crippen molar-refractivity contribution in [3.63, 3.8) is 0 Å². The van der Waals surface area contributed by atoms with Gasteiger partial charge in [0.05, 0.1) is 5.69 Å². The first-order valence-corrected chi connectivity index (χ1v) is 16.3. The van der Waals surface area contributed by atoms with E-state index in [0.29, 0.717) is 0 Å². The van der Waals surface area contributed by atoms with Crippen molar-refractivity contribution in [1.29, 1.82) is 0 Å². The lowest BCUT2D eigenvalue weighted by Crippen LogP contribution is -2.45. The molecule has 1 nitrogen and oxygen atoms in total. The highest BCUT2D eigenvalue weighted by Gasteiger charge is 2.35. The Morgan fingerprint density at radius 1 is 0.607 bits per heavy atom. The van der Waals surface area contributed by atoms with Gasteiger partial charge in [-0.2, -0.15) is 0 Å². The van der Waals surface area contributed by atoms with Gasteiger partial charge in [0.1, 0.15) is 16.1 Å². The van der Waals surface area contributed by atoms with Gasteiger partial charge in [-0.3, -0.25) is 4.99 Å². The Morgan fingerprint density at radius 3 is 1.71 bits per heavy atom. The molecule has 0 N–H and O–H groups in total. The standard InChI is InChI=1S/C13H18Si.C12H17NSi/c1-9-6-12-8-11(3)14(4,5)13(12)7-10(9)2;1-8-6-11-12(7-9(8)2)14(4,5)10(3)13-11/h6-8H,1-5H3;6-7H,1-5H3. The number of hydrogen-bond acceptors (Lipinski definition) is 1. The summed E-state index contributed by atoms with van der Waals surface area (Å²) in [4.78, 5) is 4.69. The van der Waals surface area contributed by atoms with Crippen LogP contribution in [-0.4, -0.2) is 21.5 Å². The van der Waals surface area contributed by atoms with Gasteiger partial charge in [-0.1, -0.05) is 55.7 Å². The predicted octanol–water partition coefficient (Wildman–Crippen LogP) is 6.04. The highest BCUT2D eigenvalue weighted by atomic mass is 28.3. The van der Waals surface area contributed by atoms with Crippen LogP contribution in [0.25, 0.3) is 6.08 Å². The Balaban J connectivity index is 0.000000161. The smallest absolute Gasteiger partial charge is 0.132 e. The van der Waals surface area contributed by atoms with Gasteiger partial charge in [0.2, 0.25) is 0 Å². The number of allylic oxidation sites excluding steroid dienone is 1. The largest absolute Gasteiger partial charge is 0.262 e. The molecule has 0 saturated heterocycles. The zero-order valence-electron chi connectivity index (χ0n) is 19.3. The number of aryl methyl sites for hydroxylation is 4. The van der Waals surface area contributed by atoms with Gasteiger partial charge >= 0.3 is 0 Å². The summed E-state index contributed by atoms with van der Waals surface area (Å²) >= 11 is 0. The van der Waals surface area contributed by atoms with Crippen LogP contribution < -0.4 is 10.4 Å². The number of rotatable bonds is 0. The first-order chi connectivity index (χ1) is 12.9. The summed E-state index contributed by atoms with van der Waals surface area (Å²) in [5.74, 6) is 0. The van der Waals surface area contributed by atoms with Crippen molar-refractivity contribution in [3.8, 4) is 0 Å². The van der Waals surface area contributed by atoms with Gasteiger partial charge in [-0.15, -0.1) is 0 Å². The van der Waals surface area contributed by atoms with Crippen LogP contribution >= 0.6 is 0 Å². The minimum Gasteiger partial charge on any atom is -0.262 e. The maximum absolute atomic E-state index is 4.69. The fraction of sp³-hybridized carbons (Fsp3) is 0.400. The maximum Gasteiger partial charge on any atom is 0.132 e. The lowest BCUT2D eigenvalue weighted by molar-refractivity contribution is 1.34. The van der Waals surface area contributed by atoms with Gasteiger partial charge in [0.25, 0.3) is 0 Å². The average Bonchev–Trinajstić information content (AvgIpc) is 2.93. The topological polar surface area (TPSA) is 12.4 Å². The number of benzene rings is 2. The van der Waals surface area contributed by atoms with E-state index in [1.54, 1.807) is 10.4 Å². The summed E-state index contributed by atoms with van der Waals surface area (Å²) in [5, 5.41) is 6.10. The quantitative estimate of drug-likeness (QED) is 0.474. The highest BCUT2D eigenvalue weighted by Crippen LogP contribution is 2.28. The molecule has 0 fully saturated rings. The molecule has 0 aliphatic carbocycles. The predicted molar refractivity (Wildman–Crippen MR) is 132 cm³/mol. The third kappa shape index (κ3) is 3.39. The number of hydrogen-bond donors (Lipinski definition) is 0. The van der Waals surface area contributed by atoms with E-state index in [2.05, 4.69) is 103 Å². The summed E-state index contributed by atoms with van der Waals surface area (Å²) in [6, 6.07) is 9.33. The van der Waals surface area contributed by atoms with E-state index >= 15 is 0 Å². The molecular weight excluding hydrogens is 370 g/mol. The molecule has 2 aromatic carbocycles. The molecule has 0 spiro atoms. The summed E-state index contributed by atoms with van der Waals surface area (Å²) in [5.41, 5.74) is 8.30. The zero-order valence-corrected chi connectivity index (χ0v) is 21.3. The molecule has 2 aliphatic rings. The molecule has 2 aliphatic heterocycles. The molecule has 3 heteroatoms. The third-order valence-electron chi connectivity index (χ3n) is 7.18. The Morgan fingerprint density at radius 2 is 1.11 bits per heavy atom. The van der Waals surface area contributed by atoms with Crippen LogP contribution in [0.3, 0.4) is 0 Å². The second kappa shape index (κ2) is 6.96. The van der Waals surface area contributed by atoms with Crippen LogP contribution in [0.4, 0.5) is 5.69 Å². The van der Waals surface area contributed by atoms with Crippen molar-refractivity contribution >= 4 is 43.6 Å². The van der Waals surface area contributed by atoms with Gasteiger partial charge in [-0.25, -0.2) is 0 Å². The van der Waals surface area contributed by atoms with Crippen LogP contribution in [0.15, 0.2) is 34.5 Å². The first-order valence-electron chi connectivity index (χ1n) is 10.3. The zero-order chi connectivity index (χ0) is 21.0. The third-order valence-corrected chi connectivity index (χ3v) is 14.7. The van der Waals surface area contributed by atoms with Gasteiger partial charge in [-0.05, 0) is 85.8 Å². The van der Waals surface area contributed by atoms with Crippen molar-refractivity contribution in [2.45, 2.75) is 67.7 Å². The molecule has 0 radical (unpaired) electrons. The molecular formula is C25H35NSi2. The van der Waals surface area contributed by atoms with E-state index in [1.165, 1.54) is 44.0 Å². The number of fused-ring (bicyclic) bond motifs is 2. The van der Waals surface area contributed by atoms with E-state index in [4.69, 9.17) is 0 Å². The molecule has 4 rings (SSSR count). The minimum atomic E-state index is -1.37. The molecule has 0 bridgehead atoms. The normalized spacial score (nSPS) is 17.9. The molecule has 28 heavy (non-hydrogen) atoms. The molecule has 0 saturated carbocycles. The summed E-state index contributed by atoms with van der Waals surface area (Å²) < 4.78 is 0. The fourth-order valence-electron chi connectivity index (χ4n) is 4.03. The second-order valence-electron chi connectivity index (χ2n) is 9.75. The number of nitrogens with zero attached hydrogens (tertiary/aromatic N) is 1. The minimum absolute atomic E-state index is 1.22. The van der Waals surface area contributed by atoms with Crippen LogP contribution in [-0.2, 0) is 0 Å². The van der Waals surface area contributed by atoms with E-state index in [9.17, 15) is 0 Å². The second-order valence-corrected chi connectivity index (χ2v) is 18.8. The first kappa shape index (κ1) is 21.0. The van der Waals surface area contributed by atoms with Crippen molar-refractivity contribution < 1.29 is 0 Å². The van der Waals surface area contributed by atoms with E-state index in [0.717, 1.165) is 0 Å². The SMILES string of the molecule is CC1=Cc2cc(C)c(C)cc2[Si]1(C)C.CC1=Nc2cc(C)c(C)cc2[Si]1(C)C. The van der Waals surface area contributed by atoms with E-state index in [1.807, 2.05) is 0 Å². The Labute approximate surface area is 173 Å². The van der Waals surface area contributed by atoms with Gasteiger partial charge < -0.3 is 0 Å². The molecule has 2 aromatic rings. The van der Waals surface area contributed by atoms with Crippen LogP contribution in [0, 0.1) is 27.7 Å². The van der Waals surface area contributed by atoms with Crippen molar-refractivity contribution in [3.05, 3.63) is 57.3 Å². The van der Waals surface area contributed by atoms with Crippen LogP contribution in [0.5, 0.6) is 0 Å². The lowest BCUT2D eigenvalue weighted by atomic mass is 10.1. The highest BCUT2D eigenvalue weighted by molar-refractivity contribution is 7.15. The summed E-state index contributed by atoms with van der Waals surface area (Å²) in [7, 11) is -2.63. The molecule has 0 aromatic heterocycles. The van der Waals surface area contributed by atoms with Crippen molar-refractivity contribution in [2.75, 3.05) is 0 Å². The molecule has 0 atom stereocenters. The number of aliphatic imine (C=N–C) groups is 1. The van der Waals surface area contributed by atoms with Crippen LogP contribution in [0.2, 0.25) is 26.2 Å². The lowest BCUT2D eigenvalue weighted by Gasteiger charge is -2.20. The Hall–Kier alpha value is -1.72. The average molecular weight is 406 g/mol. The van der Waals surface area contributed by atoms with E-state index in [-0.39, 0.29) is 0 Å². The molecule has 0 amide bonds. The Bertz CT molecular complexity index is 940. The summed E-state index contributed by atoms with van der Waals surface area (Å²) in [6.07, 6.45) is 2.38. The van der Waals surface area contributed by atoms with E-state index < -0.39 is 16.1 Å². The van der Waals surface area contributed by atoms with Crippen LogP contribution in [0.1, 0.15) is 41.7 Å². The van der Waals surface area contributed by atoms with Gasteiger partial charge in [0, 0.05) is 5.33 Å². The monoisotopic (exact) mass is 405 g/mol. The molecule has 2 heterocycles. The molecule has 148 valence electrons. The van der Waals surface area contributed by atoms with Crippen molar-refractivity contribution in [2.24, 2.45) is 4.99 Å².